The molecule has 0 N–H and O–H groups in total. The second-order valence-corrected chi connectivity index (χ2v) is 5.56. The maximum Gasteiger partial charge on any atom is 0.203 e. The number of hydrogen-bond donors (Lipinski definition) is 0. The molecular formula is C19H22O5. The Labute approximate surface area is 142 Å². The van der Waals surface area contributed by atoms with Crippen molar-refractivity contribution < 1.29 is 23.7 Å². The van der Waals surface area contributed by atoms with E-state index in [1.807, 2.05) is 42.5 Å². The van der Waals surface area contributed by atoms with Gasteiger partial charge < -0.3 is 23.7 Å². The Hall–Kier alpha value is -2.24. The van der Waals surface area contributed by atoms with Gasteiger partial charge in [0.15, 0.2) is 11.5 Å². The van der Waals surface area contributed by atoms with Crippen molar-refractivity contribution in [2.45, 2.75) is 18.8 Å². The van der Waals surface area contributed by atoms with Crippen LogP contribution in [0.4, 0.5) is 0 Å². The lowest BCUT2D eigenvalue weighted by Crippen LogP contribution is -2.10. The van der Waals surface area contributed by atoms with Crippen molar-refractivity contribution >= 4 is 0 Å². The summed E-state index contributed by atoms with van der Waals surface area (Å²) in [5.41, 5.74) is 2.02. The first-order valence-corrected chi connectivity index (χ1v) is 7.84. The quantitative estimate of drug-likeness (QED) is 0.695. The molecule has 1 aliphatic rings. The van der Waals surface area contributed by atoms with Crippen molar-refractivity contribution in [3.05, 3.63) is 53.6 Å². The third-order valence-corrected chi connectivity index (χ3v) is 3.99. The maximum absolute atomic E-state index is 5.96. The van der Waals surface area contributed by atoms with Crippen LogP contribution >= 0.6 is 0 Å². The predicted molar refractivity (Wildman–Crippen MR) is 89.8 cm³/mol. The average molecular weight is 330 g/mol. The van der Waals surface area contributed by atoms with E-state index in [1.165, 1.54) is 0 Å². The number of ether oxygens (including phenoxy) is 5. The van der Waals surface area contributed by atoms with Gasteiger partial charge in [0.1, 0.15) is 18.8 Å². The van der Waals surface area contributed by atoms with Gasteiger partial charge in [-0.2, -0.15) is 0 Å². The van der Waals surface area contributed by atoms with Crippen LogP contribution in [0.3, 0.4) is 0 Å². The molecule has 24 heavy (non-hydrogen) atoms. The topological polar surface area (TPSA) is 49.5 Å². The molecule has 1 fully saturated rings. The van der Waals surface area contributed by atoms with Gasteiger partial charge in [0.05, 0.1) is 20.8 Å². The lowest BCUT2D eigenvalue weighted by atomic mass is 10.1. The van der Waals surface area contributed by atoms with Crippen LogP contribution < -0.4 is 14.2 Å². The Balaban J connectivity index is 1.87. The van der Waals surface area contributed by atoms with Crippen molar-refractivity contribution in [3.63, 3.8) is 0 Å². The smallest absolute Gasteiger partial charge is 0.203 e. The van der Waals surface area contributed by atoms with E-state index in [0.717, 1.165) is 11.1 Å². The highest BCUT2D eigenvalue weighted by Crippen LogP contribution is 2.42. The van der Waals surface area contributed by atoms with Crippen LogP contribution in [-0.4, -0.2) is 34.0 Å². The molecule has 2 atom stereocenters. The molecule has 5 heteroatoms. The Morgan fingerprint density at radius 2 is 1.67 bits per heavy atom. The summed E-state index contributed by atoms with van der Waals surface area (Å²) in [5.74, 6) is 1.81. The summed E-state index contributed by atoms with van der Waals surface area (Å²) >= 11 is 0. The Morgan fingerprint density at radius 1 is 1.04 bits per heavy atom. The monoisotopic (exact) mass is 330 g/mol. The van der Waals surface area contributed by atoms with Gasteiger partial charge in [0.25, 0.3) is 0 Å². The molecule has 0 spiro atoms. The van der Waals surface area contributed by atoms with Crippen LogP contribution in [0.2, 0.25) is 0 Å². The molecule has 1 heterocycles. The molecule has 2 aromatic carbocycles. The van der Waals surface area contributed by atoms with Gasteiger partial charge in [-0.25, -0.2) is 0 Å². The highest BCUT2D eigenvalue weighted by atomic mass is 16.6. The standard InChI is InChI=1S/C19H22O5/c1-20-15-9-14(18(22-3)17-12-23-17)10-16(21-2)19(15)24-11-13-7-5-4-6-8-13/h4-10,17-18H,11-12H2,1-3H3/t17-,18-/m1/s1. The molecule has 0 aromatic heterocycles. The minimum Gasteiger partial charge on any atom is -0.493 e. The molecule has 0 amide bonds. The van der Waals surface area contributed by atoms with E-state index in [4.69, 9.17) is 23.7 Å². The van der Waals surface area contributed by atoms with Crippen LogP contribution in [-0.2, 0) is 16.1 Å². The lowest BCUT2D eigenvalue weighted by molar-refractivity contribution is 0.0756. The van der Waals surface area contributed by atoms with Crippen LogP contribution in [0.25, 0.3) is 0 Å². The molecular weight excluding hydrogens is 308 g/mol. The van der Waals surface area contributed by atoms with E-state index >= 15 is 0 Å². The summed E-state index contributed by atoms with van der Waals surface area (Å²) in [7, 11) is 4.90. The minimum atomic E-state index is -0.143. The van der Waals surface area contributed by atoms with Gasteiger partial charge >= 0.3 is 0 Å². The Kier molecular flexibility index (Phi) is 5.23. The SMILES string of the molecule is COc1cc([C@@H](OC)[C@H]2CO2)cc(OC)c1OCc1ccccc1. The van der Waals surface area contributed by atoms with Crippen LogP contribution in [0.1, 0.15) is 17.2 Å². The molecule has 0 radical (unpaired) electrons. The van der Waals surface area contributed by atoms with Crippen molar-refractivity contribution in [2.24, 2.45) is 0 Å². The zero-order valence-electron chi connectivity index (χ0n) is 14.2. The van der Waals surface area contributed by atoms with Crippen LogP contribution in [0.5, 0.6) is 17.2 Å². The molecule has 128 valence electrons. The van der Waals surface area contributed by atoms with E-state index in [1.54, 1.807) is 21.3 Å². The molecule has 1 aliphatic heterocycles. The summed E-state index contributed by atoms with van der Waals surface area (Å²) in [5, 5.41) is 0. The first kappa shape index (κ1) is 16.6. The number of methoxy groups -OCH3 is 3. The van der Waals surface area contributed by atoms with E-state index < -0.39 is 0 Å². The van der Waals surface area contributed by atoms with E-state index in [2.05, 4.69) is 0 Å². The summed E-state index contributed by atoms with van der Waals surface area (Å²) in [6.45, 7) is 1.14. The molecule has 5 nitrogen and oxygen atoms in total. The average Bonchev–Trinajstić information content (AvgIpc) is 3.46. The first-order chi connectivity index (χ1) is 11.8. The third-order valence-electron chi connectivity index (χ3n) is 3.99. The second kappa shape index (κ2) is 7.55. The number of benzene rings is 2. The Morgan fingerprint density at radius 3 is 2.17 bits per heavy atom. The summed E-state index contributed by atoms with van der Waals surface area (Å²) < 4.78 is 27.9. The first-order valence-electron chi connectivity index (χ1n) is 7.84. The molecule has 0 unspecified atom stereocenters. The van der Waals surface area contributed by atoms with Crippen molar-refractivity contribution in [1.82, 2.24) is 0 Å². The molecule has 2 aromatic rings. The van der Waals surface area contributed by atoms with E-state index in [0.29, 0.717) is 30.5 Å². The van der Waals surface area contributed by atoms with Gasteiger partial charge in [-0.1, -0.05) is 30.3 Å². The lowest BCUT2D eigenvalue weighted by Gasteiger charge is -2.19. The molecule has 0 aliphatic carbocycles. The third kappa shape index (κ3) is 3.63. The largest absolute Gasteiger partial charge is 0.493 e. The second-order valence-electron chi connectivity index (χ2n) is 5.56. The maximum atomic E-state index is 5.96. The summed E-state index contributed by atoms with van der Waals surface area (Å²) in [4.78, 5) is 0. The minimum absolute atomic E-state index is 0.0838. The predicted octanol–water partition coefficient (Wildman–Crippen LogP) is 3.37. The molecule has 3 rings (SSSR count). The summed E-state index contributed by atoms with van der Waals surface area (Å²) in [6.07, 6.45) is -0.0588. The van der Waals surface area contributed by atoms with Gasteiger partial charge in [0, 0.05) is 7.11 Å². The summed E-state index contributed by atoms with van der Waals surface area (Å²) in [6, 6.07) is 13.8. The highest BCUT2D eigenvalue weighted by molar-refractivity contribution is 5.54. The number of rotatable bonds is 8. The number of hydrogen-bond acceptors (Lipinski definition) is 5. The Bertz CT molecular complexity index is 642. The van der Waals surface area contributed by atoms with Gasteiger partial charge in [0.2, 0.25) is 5.75 Å². The molecule has 1 saturated heterocycles. The molecule has 0 saturated carbocycles. The zero-order chi connectivity index (χ0) is 16.9. The van der Waals surface area contributed by atoms with Crippen molar-refractivity contribution in [2.75, 3.05) is 27.9 Å². The fraction of sp³-hybridized carbons (Fsp3) is 0.368. The highest BCUT2D eigenvalue weighted by Gasteiger charge is 2.35. The van der Waals surface area contributed by atoms with Gasteiger partial charge in [-0.05, 0) is 23.3 Å². The zero-order valence-corrected chi connectivity index (χ0v) is 14.2. The number of epoxide rings is 1. The van der Waals surface area contributed by atoms with Crippen LogP contribution in [0.15, 0.2) is 42.5 Å². The van der Waals surface area contributed by atoms with E-state index in [-0.39, 0.29) is 12.2 Å². The van der Waals surface area contributed by atoms with Crippen molar-refractivity contribution in [3.8, 4) is 17.2 Å². The van der Waals surface area contributed by atoms with Gasteiger partial charge in [-0.15, -0.1) is 0 Å². The van der Waals surface area contributed by atoms with Crippen molar-refractivity contribution in [1.29, 1.82) is 0 Å². The molecule has 0 bridgehead atoms. The fourth-order valence-electron chi connectivity index (χ4n) is 2.67. The van der Waals surface area contributed by atoms with Crippen LogP contribution in [0, 0.1) is 0 Å². The van der Waals surface area contributed by atoms with Gasteiger partial charge in [-0.3, -0.25) is 0 Å². The fourth-order valence-corrected chi connectivity index (χ4v) is 2.67. The van der Waals surface area contributed by atoms with E-state index in [9.17, 15) is 0 Å². The normalized spacial score (nSPS) is 17.2.